The van der Waals surface area contributed by atoms with Crippen LogP contribution in [0.3, 0.4) is 0 Å². The predicted molar refractivity (Wildman–Crippen MR) is 64.1 cm³/mol. The van der Waals surface area contributed by atoms with E-state index in [9.17, 15) is 4.79 Å². The van der Waals surface area contributed by atoms with Gasteiger partial charge in [-0.1, -0.05) is 0 Å². The normalized spacial score (nSPS) is 37.9. The number of hydrogen-bond donors (Lipinski definition) is 1. The van der Waals surface area contributed by atoms with Gasteiger partial charge in [-0.2, -0.15) is 0 Å². The van der Waals surface area contributed by atoms with E-state index >= 15 is 0 Å². The van der Waals surface area contributed by atoms with Crippen LogP contribution in [0.4, 0.5) is 0 Å². The SMILES string of the molecule is COC(=O)C[C@@H](N)[C@H]1O[C@H](OC)[C@H]2OC(C)(C)O[C@H]21. The van der Waals surface area contributed by atoms with Crippen molar-refractivity contribution in [3.05, 3.63) is 0 Å². The van der Waals surface area contributed by atoms with Crippen LogP contribution in [0, 0.1) is 0 Å². The average Bonchev–Trinajstić information content (AvgIpc) is 2.81. The van der Waals surface area contributed by atoms with Gasteiger partial charge in [-0.05, 0) is 13.8 Å². The van der Waals surface area contributed by atoms with Crippen LogP contribution in [0.5, 0.6) is 0 Å². The third-order valence-electron chi connectivity index (χ3n) is 3.33. The van der Waals surface area contributed by atoms with Gasteiger partial charge in [0.2, 0.25) is 0 Å². The van der Waals surface area contributed by atoms with E-state index in [1.54, 1.807) is 0 Å². The van der Waals surface area contributed by atoms with E-state index in [-0.39, 0.29) is 24.6 Å². The van der Waals surface area contributed by atoms with Gasteiger partial charge in [0.25, 0.3) is 0 Å². The van der Waals surface area contributed by atoms with E-state index in [2.05, 4.69) is 4.74 Å². The zero-order valence-electron chi connectivity index (χ0n) is 11.6. The number of hydrogen-bond acceptors (Lipinski definition) is 7. The number of nitrogens with two attached hydrogens (primary N) is 1. The van der Waals surface area contributed by atoms with Crippen molar-refractivity contribution >= 4 is 5.97 Å². The van der Waals surface area contributed by atoms with Gasteiger partial charge in [-0.25, -0.2) is 0 Å². The Morgan fingerprint density at radius 3 is 2.53 bits per heavy atom. The lowest BCUT2D eigenvalue weighted by Crippen LogP contribution is -2.45. The molecule has 2 N–H and O–H groups in total. The van der Waals surface area contributed by atoms with Crippen molar-refractivity contribution in [2.75, 3.05) is 14.2 Å². The summed E-state index contributed by atoms with van der Waals surface area (Å²) >= 11 is 0. The molecule has 2 saturated heterocycles. The summed E-state index contributed by atoms with van der Waals surface area (Å²) in [5.41, 5.74) is 6.00. The minimum atomic E-state index is -0.709. The standard InChI is InChI=1S/C12H21NO6/c1-12(2)18-9-8(6(13)5-7(14)15-3)17-11(16-4)10(9)19-12/h6,8-11H,5,13H2,1-4H3/t6-,8-,9+,10+,11+/m1/s1. The highest BCUT2D eigenvalue weighted by molar-refractivity contribution is 5.70. The van der Waals surface area contributed by atoms with Crippen molar-refractivity contribution in [3.63, 3.8) is 0 Å². The van der Waals surface area contributed by atoms with Crippen molar-refractivity contribution in [1.29, 1.82) is 0 Å². The van der Waals surface area contributed by atoms with Gasteiger partial charge in [0.05, 0.1) is 13.5 Å². The monoisotopic (exact) mass is 275 g/mol. The van der Waals surface area contributed by atoms with Crippen LogP contribution in [0.2, 0.25) is 0 Å². The molecule has 0 aliphatic carbocycles. The number of methoxy groups -OCH3 is 2. The van der Waals surface area contributed by atoms with Crippen molar-refractivity contribution in [3.8, 4) is 0 Å². The zero-order valence-corrected chi connectivity index (χ0v) is 11.6. The first-order chi connectivity index (χ1) is 8.88. The van der Waals surface area contributed by atoms with Crippen LogP contribution in [0.15, 0.2) is 0 Å². The highest BCUT2D eigenvalue weighted by Gasteiger charge is 2.57. The van der Waals surface area contributed by atoms with Crippen molar-refractivity contribution < 1.29 is 28.5 Å². The summed E-state index contributed by atoms with van der Waals surface area (Å²) in [6.07, 6.45) is -1.63. The minimum Gasteiger partial charge on any atom is -0.469 e. The molecule has 2 heterocycles. The Hall–Kier alpha value is -0.730. The van der Waals surface area contributed by atoms with E-state index in [0.29, 0.717) is 0 Å². The Morgan fingerprint density at radius 1 is 1.32 bits per heavy atom. The molecule has 0 unspecified atom stereocenters. The molecule has 0 saturated carbocycles. The molecule has 5 atom stereocenters. The number of ether oxygens (including phenoxy) is 5. The third kappa shape index (κ3) is 2.90. The molecule has 0 spiro atoms. The van der Waals surface area contributed by atoms with Crippen LogP contribution in [-0.2, 0) is 28.5 Å². The largest absolute Gasteiger partial charge is 0.469 e. The second kappa shape index (κ2) is 5.34. The van der Waals surface area contributed by atoms with Gasteiger partial charge in [0, 0.05) is 13.2 Å². The van der Waals surface area contributed by atoms with Gasteiger partial charge in [-0.3, -0.25) is 4.79 Å². The smallest absolute Gasteiger partial charge is 0.307 e. The first-order valence-electron chi connectivity index (χ1n) is 6.24. The first-order valence-corrected chi connectivity index (χ1v) is 6.24. The van der Waals surface area contributed by atoms with E-state index < -0.39 is 24.2 Å². The van der Waals surface area contributed by atoms with Gasteiger partial charge in [-0.15, -0.1) is 0 Å². The summed E-state index contributed by atoms with van der Waals surface area (Å²) in [6, 6.07) is -0.530. The summed E-state index contributed by atoms with van der Waals surface area (Å²) in [5, 5.41) is 0. The van der Waals surface area contributed by atoms with E-state index in [4.69, 9.17) is 24.7 Å². The number of esters is 1. The molecular formula is C12H21NO6. The molecule has 7 nitrogen and oxygen atoms in total. The Labute approximate surface area is 112 Å². The fourth-order valence-electron chi connectivity index (χ4n) is 2.52. The van der Waals surface area contributed by atoms with Gasteiger partial charge < -0.3 is 29.4 Å². The van der Waals surface area contributed by atoms with Gasteiger partial charge >= 0.3 is 5.97 Å². The van der Waals surface area contributed by atoms with E-state index in [1.165, 1.54) is 14.2 Å². The Morgan fingerprint density at radius 2 is 1.95 bits per heavy atom. The summed E-state index contributed by atoms with van der Waals surface area (Å²) in [7, 11) is 2.86. The van der Waals surface area contributed by atoms with Crippen LogP contribution >= 0.6 is 0 Å². The minimum absolute atomic E-state index is 0.0601. The second-order valence-electron chi connectivity index (χ2n) is 5.21. The maximum Gasteiger partial charge on any atom is 0.307 e. The van der Waals surface area contributed by atoms with Crippen LogP contribution < -0.4 is 5.73 Å². The molecule has 0 aromatic heterocycles. The summed E-state index contributed by atoms with van der Waals surface area (Å²) in [6.45, 7) is 3.64. The quantitative estimate of drug-likeness (QED) is 0.709. The Kier molecular flexibility index (Phi) is 4.12. The molecular weight excluding hydrogens is 254 g/mol. The number of fused-ring (bicyclic) bond motifs is 1. The third-order valence-corrected chi connectivity index (χ3v) is 3.33. The lowest BCUT2D eigenvalue weighted by atomic mass is 10.0. The molecule has 0 radical (unpaired) electrons. The molecule has 2 rings (SSSR count). The first kappa shape index (κ1) is 14.7. The average molecular weight is 275 g/mol. The van der Waals surface area contributed by atoms with Crippen molar-refractivity contribution in [1.82, 2.24) is 0 Å². The summed E-state index contributed by atoms with van der Waals surface area (Å²) in [4.78, 5) is 11.3. The van der Waals surface area contributed by atoms with Crippen LogP contribution in [0.1, 0.15) is 20.3 Å². The fourth-order valence-corrected chi connectivity index (χ4v) is 2.52. The number of carbonyl (C=O) groups excluding carboxylic acids is 1. The lowest BCUT2D eigenvalue weighted by molar-refractivity contribution is -0.229. The van der Waals surface area contributed by atoms with E-state index in [1.807, 2.05) is 13.8 Å². The molecule has 2 fully saturated rings. The van der Waals surface area contributed by atoms with Crippen molar-refractivity contribution in [2.24, 2.45) is 5.73 Å². The maximum atomic E-state index is 11.3. The Balaban J connectivity index is 2.07. The lowest BCUT2D eigenvalue weighted by Gasteiger charge is -2.26. The Bertz CT molecular complexity index is 347. The molecule has 0 bridgehead atoms. The topological polar surface area (TPSA) is 89.2 Å². The predicted octanol–water partition coefficient (Wildman–Crippen LogP) is -0.232. The highest BCUT2D eigenvalue weighted by atomic mass is 16.8. The van der Waals surface area contributed by atoms with Crippen LogP contribution in [-0.4, -0.2) is 56.6 Å². The molecule has 2 aliphatic rings. The molecule has 110 valence electrons. The fraction of sp³-hybridized carbons (Fsp3) is 0.917. The van der Waals surface area contributed by atoms with Gasteiger partial charge in [0.15, 0.2) is 12.1 Å². The van der Waals surface area contributed by atoms with E-state index in [0.717, 1.165) is 0 Å². The zero-order chi connectivity index (χ0) is 14.2. The molecule has 2 aliphatic heterocycles. The molecule has 0 amide bonds. The number of rotatable bonds is 4. The van der Waals surface area contributed by atoms with Gasteiger partial charge in [0.1, 0.15) is 18.3 Å². The molecule has 0 aromatic carbocycles. The molecule has 7 heteroatoms. The second-order valence-corrected chi connectivity index (χ2v) is 5.21. The molecule has 19 heavy (non-hydrogen) atoms. The number of carbonyl (C=O) groups is 1. The highest BCUT2D eigenvalue weighted by Crippen LogP contribution is 2.39. The summed E-state index contributed by atoms with van der Waals surface area (Å²) in [5.74, 6) is -1.09. The summed E-state index contributed by atoms with van der Waals surface area (Å²) < 4.78 is 27.1. The molecule has 0 aromatic rings. The van der Waals surface area contributed by atoms with Crippen LogP contribution in [0.25, 0.3) is 0 Å². The van der Waals surface area contributed by atoms with Crippen molar-refractivity contribution in [2.45, 2.75) is 56.7 Å². The maximum absolute atomic E-state index is 11.3.